The van der Waals surface area contributed by atoms with E-state index in [2.05, 4.69) is 0 Å². The number of hydrogen-bond donors (Lipinski definition) is 0. The lowest BCUT2D eigenvalue weighted by molar-refractivity contribution is 0.0556. The molecule has 0 aliphatic heterocycles. The van der Waals surface area contributed by atoms with Crippen molar-refractivity contribution in [3.63, 3.8) is 0 Å². The second-order valence-electron chi connectivity index (χ2n) is 6.76. The Morgan fingerprint density at radius 3 is 2.79 bits per heavy atom. The lowest BCUT2D eigenvalue weighted by Gasteiger charge is -2.22. The Morgan fingerprint density at radius 1 is 1.17 bits per heavy atom. The van der Waals surface area contributed by atoms with Crippen molar-refractivity contribution in [1.29, 1.82) is 5.26 Å². The van der Waals surface area contributed by atoms with Crippen LogP contribution in [-0.2, 0) is 11.2 Å². The van der Waals surface area contributed by atoms with E-state index in [1.54, 1.807) is 6.07 Å². The number of benzene rings is 2. The van der Waals surface area contributed by atoms with E-state index >= 15 is 0 Å². The van der Waals surface area contributed by atoms with Crippen molar-refractivity contribution in [3.05, 3.63) is 74.9 Å². The van der Waals surface area contributed by atoms with Crippen LogP contribution in [0.1, 0.15) is 40.0 Å². The molecule has 0 spiro atoms. The first-order valence-corrected chi connectivity index (χ1v) is 9.96. The van der Waals surface area contributed by atoms with Crippen molar-refractivity contribution in [2.45, 2.75) is 19.3 Å². The summed E-state index contributed by atoms with van der Waals surface area (Å²) >= 11 is 12.2. The number of nitrogens with zero attached hydrogens (tertiary/aromatic N) is 2. The van der Waals surface area contributed by atoms with Gasteiger partial charge in [0.2, 0.25) is 0 Å². The number of allylic oxidation sites excluding steroid dienone is 1. The average Bonchev–Trinajstić information content (AvgIpc) is 2.73. The number of ether oxygens (including phenoxy) is 1. The molecule has 6 heteroatoms. The molecule has 3 aromatic rings. The molecule has 0 fully saturated rings. The van der Waals surface area contributed by atoms with E-state index in [1.807, 2.05) is 48.5 Å². The summed E-state index contributed by atoms with van der Waals surface area (Å²) in [4.78, 5) is 17.6. The van der Waals surface area contributed by atoms with Crippen molar-refractivity contribution >= 4 is 51.7 Å². The highest BCUT2D eigenvalue weighted by Gasteiger charge is 2.26. The van der Waals surface area contributed by atoms with Gasteiger partial charge < -0.3 is 4.74 Å². The normalized spacial score (nSPS) is 14.4. The highest BCUT2D eigenvalue weighted by Crippen LogP contribution is 2.37. The predicted octanol–water partition coefficient (Wildman–Crippen LogP) is 6.10. The fourth-order valence-corrected chi connectivity index (χ4v) is 3.99. The molecule has 144 valence electrons. The Balaban J connectivity index is 1.90. The molecule has 4 rings (SSSR count). The van der Waals surface area contributed by atoms with Crippen molar-refractivity contribution < 1.29 is 9.53 Å². The topological polar surface area (TPSA) is 63.0 Å². The van der Waals surface area contributed by atoms with Gasteiger partial charge in [-0.1, -0.05) is 47.5 Å². The second-order valence-corrected chi connectivity index (χ2v) is 7.58. The molecule has 0 unspecified atom stereocenters. The maximum atomic E-state index is 12.8. The molecule has 1 heterocycles. The number of rotatable bonds is 3. The number of carbonyl (C=O) groups excluding carboxylic acids is 1. The second kappa shape index (κ2) is 8.24. The largest absolute Gasteiger partial charge is 0.447 e. The summed E-state index contributed by atoms with van der Waals surface area (Å²) in [6.45, 7) is -0.282. The van der Waals surface area contributed by atoms with Crippen LogP contribution in [0.2, 0.25) is 10.0 Å². The van der Waals surface area contributed by atoms with E-state index in [4.69, 9.17) is 38.2 Å². The highest BCUT2D eigenvalue weighted by molar-refractivity contribution is 6.42. The van der Waals surface area contributed by atoms with Crippen LogP contribution in [0.15, 0.2) is 42.5 Å². The van der Waals surface area contributed by atoms with Gasteiger partial charge in [-0.3, -0.25) is 0 Å². The third-order valence-electron chi connectivity index (χ3n) is 4.93. The fraction of sp³-hybridized carbons (Fsp3) is 0.174. The quantitative estimate of drug-likeness (QED) is 0.478. The maximum Gasteiger partial charge on any atom is 0.340 e. The molecule has 0 saturated heterocycles. The predicted molar refractivity (Wildman–Crippen MR) is 115 cm³/mol. The Bertz CT molecular complexity index is 1200. The van der Waals surface area contributed by atoms with Crippen LogP contribution in [0.3, 0.4) is 0 Å². The molecular weight excluding hydrogens is 407 g/mol. The van der Waals surface area contributed by atoms with Crippen LogP contribution in [0.4, 0.5) is 0 Å². The van der Waals surface area contributed by atoms with Gasteiger partial charge in [0.15, 0.2) is 6.61 Å². The molecule has 0 amide bonds. The lowest BCUT2D eigenvalue weighted by Crippen LogP contribution is -2.15. The Labute approximate surface area is 178 Å². The summed E-state index contributed by atoms with van der Waals surface area (Å²) in [5.41, 5.74) is 4.84. The summed E-state index contributed by atoms with van der Waals surface area (Å²) < 4.78 is 5.15. The van der Waals surface area contributed by atoms with Crippen LogP contribution < -0.4 is 0 Å². The summed E-state index contributed by atoms with van der Waals surface area (Å²) in [6.07, 6.45) is 4.49. The number of carbonyl (C=O) groups is 1. The molecular formula is C23H16Cl2N2O2. The van der Waals surface area contributed by atoms with Crippen molar-refractivity contribution in [2.24, 2.45) is 0 Å². The lowest BCUT2D eigenvalue weighted by atomic mass is 9.86. The minimum absolute atomic E-state index is 0.282. The third kappa shape index (κ3) is 3.85. The van der Waals surface area contributed by atoms with Gasteiger partial charge in [0.05, 0.1) is 26.8 Å². The Kier molecular flexibility index (Phi) is 5.53. The number of esters is 1. The number of nitriles is 1. The first-order valence-electron chi connectivity index (χ1n) is 9.20. The molecule has 2 aromatic carbocycles. The summed E-state index contributed by atoms with van der Waals surface area (Å²) in [5, 5.41) is 10.5. The Morgan fingerprint density at radius 2 is 2.00 bits per heavy atom. The van der Waals surface area contributed by atoms with Crippen LogP contribution in [0, 0.1) is 11.3 Å². The first-order chi connectivity index (χ1) is 14.1. The van der Waals surface area contributed by atoms with Gasteiger partial charge in [-0.05, 0) is 60.2 Å². The average molecular weight is 423 g/mol. The number of hydrogen-bond acceptors (Lipinski definition) is 4. The van der Waals surface area contributed by atoms with E-state index in [-0.39, 0.29) is 6.61 Å². The van der Waals surface area contributed by atoms with Crippen molar-refractivity contribution in [1.82, 2.24) is 4.98 Å². The molecule has 0 saturated carbocycles. The Hall–Kier alpha value is -2.87. The van der Waals surface area contributed by atoms with Gasteiger partial charge in [0, 0.05) is 5.39 Å². The molecule has 4 nitrogen and oxygen atoms in total. The van der Waals surface area contributed by atoms with E-state index < -0.39 is 5.97 Å². The zero-order valence-electron chi connectivity index (χ0n) is 15.4. The van der Waals surface area contributed by atoms with Crippen LogP contribution in [-0.4, -0.2) is 17.6 Å². The number of aromatic nitrogens is 1. The smallest absolute Gasteiger partial charge is 0.340 e. The number of para-hydroxylation sites is 1. The third-order valence-corrected chi connectivity index (χ3v) is 5.67. The van der Waals surface area contributed by atoms with Gasteiger partial charge in [-0.15, -0.1) is 0 Å². The van der Waals surface area contributed by atoms with Crippen LogP contribution in [0.5, 0.6) is 0 Å². The molecule has 0 bridgehead atoms. The van der Waals surface area contributed by atoms with E-state index in [0.717, 1.165) is 52.6 Å². The molecule has 1 aliphatic rings. The SMILES string of the molecule is N#CCOC(=O)c1c2c(nc3ccccc13)C(=Cc1ccc(Cl)c(Cl)c1)CCC2. The molecule has 0 atom stereocenters. The van der Waals surface area contributed by atoms with Gasteiger partial charge in [-0.2, -0.15) is 5.26 Å². The minimum atomic E-state index is -0.489. The standard InChI is InChI=1S/C23H16Cl2N2O2/c24-18-9-8-14(13-19(18)25)12-15-4-3-6-17-21(23(28)29-11-10-26)16-5-1-2-7-20(16)27-22(15)17/h1-2,5,7-9,12-13H,3-4,6,11H2. The molecule has 0 radical (unpaired) electrons. The van der Waals surface area contributed by atoms with E-state index in [0.29, 0.717) is 15.6 Å². The van der Waals surface area contributed by atoms with E-state index in [9.17, 15) is 4.79 Å². The maximum absolute atomic E-state index is 12.8. The monoisotopic (exact) mass is 422 g/mol. The minimum Gasteiger partial charge on any atom is -0.447 e. The highest BCUT2D eigenvalue weighted by atomic mass is 35.5. The zero-order chi connectivity index (χ0) is 20.4. The molecule has 0 N–H and O–H groups in total. The van der Waals surface area contributed by atoms with Crippen molar-refractivity contribution in [2.75, 3.05) is 6.61 Å². The fourth-order valence-electron chi connectivity index (χ4n) is 3.68. The summed E-state index contributed by atoms with van der Waals surface area (Å²) in [6, 6.07) is 14.8. The summed E-state index contributed by atoms with van der Waals surface area (Å²) in [7, 11) is 0. The van der Waals surface area contributed by atoms with Gasteiger partial charge in [0.1, 0.15) is 6.07 Å². The van der Waals surface area contributed by atoms with Crippen LogP contribution in [0.25, 0.3) is 22.6 Å². The molecule has 29 heavy (non-hydrogen) atoms. The number of halogens is 2. The van der Waals surface area contributed by atoms with Gasteiger partial charge in [-0.25, -0.2) is 9.78 Å². The summed E-state index contributed by atoms with van der Waals surface area (Å²) in [5.74, 6) is -0.489. The van der Waals surface area contributed by atoms with Crippen LogP contribution >= 0.6 is 23.2 Å². The number of pyridine rings is 1. The first kappa shape index (κ1) is 19.4. The number of fused-ring (bicyclic) bond motifs is 2. The van der Waals surface area contributed by atoms with Gasteiger partial charge >= 0.3 is 5.97 Å². The zero-order valence-corrected chi connectivity index (χ0v) is 16.9. The molecule has 1 aromatic heterocycles. The van der Waals surface area contributed by atoms with Gasteiger partial charge in [0.25, 0.3) is 0 Å². The molecule has 1 aliphatic carbocycles. The van der Waals surface area contributed by atoms with E-state index in [1.165, 1.54) is 0 Å². The van der Waals surface area contributed by atoms with Crippen molar-refractivity contribution in [3.8, 4) is 6.07 Å².